The quantitative estimate of drug-likeness (QED) is 0.162. The van der Waals surface area contributed by atoms with Crippen LogP contribution in [-0.2, 0) is 32.2 Å². The molecule has 0 radical (unpaired) electrons. The number of nitrogens with two attached hydrogens (primary N) is 1. The van der Waals surface area contributed by atoms with Crippen molar-refractivity contribution in [1.82, 2.24) is 20.1 Å². The fraction of sp³-hybridized carbons (Fsp3) is 0.306. The molecule has 0 fully saturated rings. The molecule has 2 aromatic heterocycles. The number of aromatic carboxylic acids is 1. The molecule has 45 heavy (non-hydrogen) atoms. The number of pyridine rings is 1. The van der Waals surface area contributed by atoms with Gasteiger partial charge in [0.2, 0.25) is 0 Å². The van der Waals surface area contributed by atoms with Crippen LogP contribution >= 0.6 is 0 Å². The molecule has 1 aliphatic carbocycles. The van der Waals surface area contributed by atoms with Crippen LogP contribution in [0.1, 0.15) is 63.4 Å². The molecule has 7 nitrogen and oxygen atoms in total. The van der Waals surface area contributed by atoms with Crippen LogP contribution in [0.15, 0.2) is 66.7 Å². The van der Waals surface area contributed by atoms with E-state index in [2.05, 4.69) is 30.4 Å². The number of carboxylic acid groups (broad SMARTS) is 1. The fourth-order valence-electron chi connectivity index (χ4n) is 6.61. The van der Waals surface area contributed by atoms with Gasteiger partial charge in [-0.2, -0.15) is 5.10 Å². The van der Waals surface area contributed by atoms with Crippen molar-refractivity contribution in [3.63, 3.8) is 0 Å². The van der Waals surface area contributed by atoms with Crippen molar-refractivity contribution >= 4 is 16.9 Å². The number of rotatable bonds is 11. The number of benzene rings is 3. The summed E-state index contributed by atoms with van der Waals surface area (Å²) in [6.45, 7) is 5.00. The van der Waals surface area contributed by atoms with Gasteiger partial charge in [-0.15, -0.1) is 0 Å². The predicted octanol–water partition coefficient (Wildman–Crippen LogP) is 6.34. The molecule has 232 valence electrons. The van der Waals surface area contributed by atoms with Gasteiger partial charge in [0.1, 0.15) is 11.6 Å². The molecule has 5 aromatic rings. The average molecular weight is 610 g/mol. The third-order valence-electron chi connectivity index (χ3n) is 8.67. The number of hydrogen-bond acceptors (Lipinski definition) is 5. The predicted molar refractivity (Wildman–Crippen MR) is 171 cm³/mol. The number of aryl methyl sites for hydroxylation is 3. The number of nitrogens with one attached hydrogen (secondary N) is 1. The standard InChI is InChI=1S/C36H37F2N5O2/c1-3-22-7-4-8-23(14-22)19-40-20-33(29(39)17-24-15-25(37)18-26(38)16-24)43-32(13-21(2)42-43)28-10-6-12-31-34(28)35(36(44)45)27-9-5-11-30(27)41-31/h4,6-8,10,12-16,18,29,33,40H,3,5,9,11,17,19-20,39H2,1-2H3,(H,44,45)/t29-,33+/m0/s1. The highest BCUT2D eigenvalue weighted by Crippen LogP contribution is 2.37. The van der Waals surface area contributed by atoms with E-state index < -0.39 is 29.7 Å². The van der Waals surface area contributed by atoms with Crippen molar-refractivity contribution in [1.29, 1.82) is 0 Å². The van der Waals surface area contributed by atoms with Gasteiger partial charge >= 0.3 is 5.97 Å². The zero-order valence-electron chi connectivity index (χ0n) is 25.5. The monoisotopic (exact) mass is 609 g/mol. The van der Waals surface area contributed by atoms with E-state index in [1.54, 1.807) is 0 Å². The van der Waals surface area contributed by atoms with Crippen LogP contribution < -0.4 is 11.1 Å². The Balaban J connectivity index is 1.43. The van der Waals surface area contributed by atoms with E-state index in [4.69, 9.17) is 15.8 Å². The molecule has 0 saturated carbocycles. The Morgan fingerprint density at radius 1 is 1.02 bits per heavy atom. The molecule has 9 heteroatoms. The smallest absolute Gasteiger partial charge is 0.336 e. The summed E-state index contributed by atoms with van der Waals surface area (Å²) in [5.41, 5.74) is 14.4. The summed E-state index contributed by atoms with van der Waals surface area (Å²) >= 11 is 0. The van der Waals surface area contributed by atoms with Crippen LogP contribution in [0.25, 0.3) is 22.2 Å². The topological polar surface area (TPSA) is 106 Å². The van der Waals surface area contributed by atoms with Crippen molar-refractivity contribution in [3.8, 4) is 11.3 Å². The van der Waals surface area contributed by atoms with E-state index in [9.17, 15) is 18.7 Å². The van der Waals surface area contributed by atoms with E-state index in [0.717, 1.165) is 47.8 Å². The Morgan fingerprint density at radius 3 is 2.53 bits per heavy atom. The summed E-state index contributed by atoms with van der Waals surface area (Å²) in [6, 6.07) is 18.3. The first kappa shape index (κ1) is 30.6. The van der Waals surface area contributed by atoms with Gasteiger partial charge in [0.05, 0.1) is 28.5 Å². The molecule has 2 heterocycles. The highest BCUT2D eigenvalue weighted by atomic mass is 19.1. The molecule has 0 bridgehead atoms. The molecule has 0 saturated heterocycles. The number of nitrogens with zero attached hydrogens (tertiary/aromatic N) is 3. The van der Waals surface area contributed by atoms with Crippen molar-refractivity contribution in [2.45, 2.75) is 64.6 Å². The van der Waals surface area contributed by atoms with Crippen molar-refractivity contribution in [2.75, 3.05) is 6.54 Å². The maximum absolute atomic E-state index is 14.1. The molecule has 2 atom stereocenters. The Hall–Kier alpha value is -4.47. The molecule has 0 aliphatic heterocycles. The normalized spacial score (nSPS) is 14.1. The molecular weight excluding hydrogens is 572 g/mol. The van der Waals surface area contributed by atoms with Gasteiger partial charge in [-0.05, 0) is 85.5 Å². The molecular formula is C36H37F2N5O2. The molecule has 0 amide bonds. The van der Waals surface area contributed by atoms with Crippen molar-refractivity contribution < 1.29 is 18.7 Å². The molecule has 0 unspecified atom stereocenters. The van der Waals surface area contributed by atoms with Gasteiger partial charge in [0.25, 0.3) is 0 Å². The van der Waals surface area contributed by atoms with Crippen LogP contribution in [0.5, 0.6) is 0 Å². The highest BCUT2D eigenvalue weighted by molar-refractivity contribution is 6.10. The first-order valence-electron chi connectivity index (χ1n) is 15.4. The third-order valence-corrected chi connectivity index (χ3v) is 8.67. The second-order valence-electron chi connectivity index (χ2n) is 11.9. The Bertz CT molecular complexity index is 1870. The Morgan fingerprint density at radius 2 is 1.78 bits per heavy atom. The van der Waals surface area contributed by atoms with Gasteiger partial charge in [-0.3, -0.25) is 9.67 Å². The zero-order valence-corrected chi connectivity index (χ0v) is 25.5. The van der Waals surface area contributed by atoms with E-state index in [1.807, 2.05) is 41.9 Å². The van der Waals surface area contributed by atoms with Crippen LogP contribution in [0.4, 0.5) is 8.78 Å². The molecule has 6 rings (SSSR count). The van der Waals surface area contributed by atoms with Crippen LogP contribution in [-0.4, -0.2) is 38.4 Å². The SMILES string of the molecule is CCc1cccc(CNC[C@H]([C@@H](N)Cc2cc(F)cc(F)c2)n2nc(C)cc2-c2cccc3nc4c(c(C(=O)O)c23)CCC4)c1. The molecule has 0 spiro atoms. The fourth-order valence-corrected chi connectivity index (χ4v) is 6.61. The lowest BCUT2D eigenvalue weighted by atomic mass is 9.95. The van der Waals surface area contributed by atoms with Gasteiger partial charge in [0, 0.05) is 41.8 Å². The molecule has 4 N–H and O–H groups in total. The van der Waals surface area contributed by atoms with Crippen molar-refractivity contribution in [3.05, 3.63) is 118 Å². The van der Waals surface area contributed by atoms with Crippen LogP contribution in [0.2, 0.25) is 0 Å². The van der Waals surface area contributed by atoms with Crippen LogP contribution in [0, 0.1) is 18.6 Å². The summed E-state index contributed by atoms with van der Waals surface area (Å²) in [5, 5.41) is 19.4. The minimum Gasteiger partial charge on any atom is -0.478 e. The lowest BCUT2D eigenvalue weighted by Gasteiger charge is -2.27. The second-order valence-corrected chi connectivity index (χ2v) is 11.9. The molecule has 3 aromatic carbocycles. The van der Waals surface area contributed by atoms with Gasteiger partial charge in [-0.25, -0.2) is 13.6 Å². The summed E-state index contributed by atoms with van der Waals surface area (Å²) in [4.78, 5) is 17.6. The van der Waals surface area contributed by atoms with Crippen LogP contribution in [0.3, 0.4) is 0 Å². The van der Waals surface area contributed by atoms with Gasteiger partial charge in [0.15, 0.2) is 0 Å². The van der Waals surface area contributed by atoms with Gasteiger partial charge < -0.3 is 16.2 Å². The lowest BCUT2D eigenvalue weighted by molar-refractivity contribution is 0.0698. The summed E-state index contributed by atoms with van der Waals surface area (Å²) in [7, 11) is 0. The highest BCUT2D eigenvalue weighted by Gasteiger charge is 2.29. The number of halogens is 2. The maximum Gasteiger partial charge on any atom is 0.336 e. The van der Waals surface area contributed by atoms with E-state index in [-0.39, 0.29) is 6.42 Å². The van der Waals surface area contributed by atoms with Gasteiger partial charge in [-0.1, -0.05) is 43.3 Å². The lowest BCUT2D eigenvalue weighted by Crippen LogP contribution is -2.41. The number of hydrogen-bond donors (Lipinski definition) is 3. The number of carbonyl (C=O) groups is 1. The van der Waals surface area contributed by atoms with E-state index in [1.165, 1.54) is 17.7 Å². The summed E-state index contributed by atoms with van der Waals surface area (Å²) < 4.78 is 30.1. The number of aromatic nitrogens is 3. The third kappa shape index (κ3) is 6.36. The van der Waals surface area contributed by atoms with E-state index in [0.29, 0.717) is 52.8 Å². The van der Waals surface area contributed by atoms with E-state index >= 15 is 0 Å². The minimum absolute atomic E-state index is 0.204. The number of fused-ring (bicyclic) bond motifs is 2. The Kier molecular flexibility index (Phi) is 8.74. The average Bonchev–Trinajstić information content (AvgIpc) is 3.63. The number of carboxylic acids is 1. The first-order chi connectivity index (χ1) is 21.7. The maximum atomic E-state index is 14.1. The first-order valence-corrected chi connectivity index (χ1v) is 15.4. The zero-order chi connectivity index (χ0) is 31.7. The molecule has 1 aliphatic rings. The van der Waals surface area contributed by atoms with Crippen molar-refractivity contribution in [2.24, 2.45) is 5.73 Å². The Labute approximate surface area is 261 Å². The summed E-state index contributed by atoms with van der Waals surface area (Å²) in [6.07, 6.45) is 3.44. The summed E-state index contributed by atoms with van der Waals surface area (Å²) in [5.74, 6) is -2.29. The second kappa shape index (κ2) is 12.9. The minimum atomic E-state index is -0.979. The largest absolute Gasteiger partial charge is 0.478 e.